The predicted molar refractivity (Wildman–Crippen MR) is 75.5 cm³/mol. The molecule has 0 bridgehead atoms. The van der Waals surface area contributed by atoms with Crippen LogP contribution in [0.25, 0.3) is 0 Å². The van der Waals surface area contributed by atoms with E-state index < -0.39 is 0 Å². The summed E-state index contributed by atoms with van der Waals surface area (Å²) in [6.07, 6.45) is 3.68. The van der Waals surface area contributed by atoms with Gasteiger partial charge in [0.05, 0.1) is 0 Å². The number of carbonyl (C=O) groups is 1. The van der Waals surface area contributed by atoms with E-state index in [1.54, 1.807) is 0 Å². The number of aliphatic hydroxyl groups is 1. The van der Waals surface area contributed by atoms with E-state index in [2.05, 4.69) is 20.8 Å². The Balaban J connectivity index is 2.13. The average molecular weight is 268 g/mol. The molecular weight excluding hydrogens is 240 g/mol. The third-order valence-corrected chi connectivity index (χ3v) is 4.85. The van der Waals surface area contributed by atoms with Gasteiger partial charge < -0.3 is 15.7 Å². The van der Waals surface area contributed by atoms with Crippen LogP contribution in [0, 0.1) is 16.7 Å². The number of nitrogens with zero attached hydrogens (tertiary/aromatic N) is 1. The highest BCUT2D eigenvalue weighted by molar-refractivity contribution is 5.79. The van der Waals surface area contributed by atoms with Crippen molar-refractivity contribution in [3.8, 4) is 0 Å². The fourth-order valence-electron chi connectivity index (χ4n) is 4.24. The van der Waals surface area contributed by atoms with Crippen LogP contribution in [0.1, 0.15) is 46.5 Å². The molecule has 1 heterocycles. The van der Waals surface area contributed by atoms with Crippen LogP contribution in [0.3, 0.4) is 0 Å². The third kappa shape index (κ3) is 3.11. The van der Waals surface area contributed by atoms with Crippen molar-refractivity contribution in [2.75, 3.05) is 19.7 Å². The first-order valence-corrected chi connectivity index (χ1v) is 7.39. The molecule has 0 aromatic carbocycles. The monoisotopic (exact) mass is 268 g/mol. The van der Waals surface area contributed by atoms with Gasteiger partial charge in [0.15, 0.2) is 0 Å². The van der Waals surface area contributed by atoms with Crippen molar-refractivity contribution in [2.24, 2.45) is 22.5 Å². The highest BCUT2D eigenvalue weighted by atomic mass is 16.3. The van der Waals surface area contributed by atoms with Gasteiger partial charge in [0, 0.05) is 31.5 Å². The molecule has 1 saturated heterocycles. The molecule has 3 N–H and O–H groups in total. The molecule has 4 heteroatoms. The summed E-state index contributed by atoms with van der Waals surface area (Å²) < 4.78 is 0. The van der Waals surface area contributed by atoms with Gasteiger partial charge in [0.25, 0.3) is 0 Å². The molecule has 0 spiro atoms. The van der Waals surface area contributed by atoms with Crippen LogP contribution in [-0.2, 0) is 4.79 Å². The lowest BCUT2D eigenvalue weighted by Crippen LogP contribution is -2.49. The van der Waals surface area contributed by atoms with Gasteiger partial charge in [-0.05, 0) is 36.6 Å². The number of hydrogen-bond acceptors (Lipinski definition) is 3. The van der Waals surface area contributed by atoms with Gasteiger partial charge >= 0.3 is 0 Å². The molecule has 1 aliphatic carbocycles. The Kier molecular flexibility index (Phi) is 3.94. The Morgan fingerprint density at radius 1 is 1.37 bits per heavy atom. The highest BCUT2D eigenvalue weighted by Crippen LogP contribution is 2.47. The maximum absolute atomic E-state index is 12.1. The molecule has 4 nitrogen and oxygen atoms in total. The largest absolute Gasteiger partial charge is 0.396 e. The molecule has 2 fully saturated rings. The van der Waals surface area contributed by atoms with E-state index in [1.807, 2.05) is 4.90 Å². The second-order valence-electron chi connectivity index (χ2n) is 7.72. The number of hydrogen-bond donors (Lipinski definition) is 2. The second kappa shape index (κ2) is 5.06. The van der Waals surface area contributed by atoms with E-state index in [4.69, 9.17) is 5.73 Å². The molecule has 1 saturated carbocycles. The van der Waals surface area contributed by atoms with Gasteiger partial charge in [-0.2, -0.15) is 0 Å². The third-order valence-electron chi connectivity index (χ3n) is 4.85. The van der Waals surface area contributed by atoms with Gasteiger partial charge in [0.2, 0.25) is 5.91 Å². The summed E-state index contributed by atoms with van der Waals surface area (Å²) >= 11 is 0. The van der Waals surface area contributed by atoms with E-state index in [0.29, 0.717) is 19.0 Å². The lowest BCUT2D eigenvalue weighted by molar-refractivity contribution is -0.132. The van der Waals surface area contributed by atoms with Crippen molar-refractivity contribution in [1.82, 2.24) is 4.90 Å². The normalized spacial score (nSPS) is 38.8. The number of aliphatic hydroxyl groups excluding tert-OH is 1. The lowest BCUT2D eigenvalue weighted by Gasteiger charge is -2.48. The SMILES string of the molecule is CC1(C)CC(N2CC(CO)CC2=O)CC(C)(CN)C1. The maximum atomic E-state index is 12.1. The zero-order valence-electron chi connectivity index (χ0n) is 12.5. The number of nitrogens with two attached hydrogens (primary N) is 1. The molecule has 2 rings (SSSR count). The van der Waals surface area contributed by atoms with Crippen molar-refractivity contribution in [1.29, 1.82) is 0 Å². The molecule has 3 unspecified atom stereocenters. The van der Waals surface area contributed by atoms with Crippen LogP contribution in [0.15, 0.2) is 0 Å². The van der Waals surface area contributed by atoms with Crippen molar-refractivity contribution in [3.63, 3.8) is 0 Å². The van der Waals surface area contributed by atoms with E-state index in [9.17, 15) is 9.90 Å². The van der Waals surface area contributed by atoms with Crippen LogP contribution in [-0.4, -0.2) is 41.7 Å². The van der Waals surface area contributed by atoms with Gasteiger partial charge in [-0.1, -0.05) is 20.8 Å². The lowest BCUT2D eigenvalue weighted by atomic mass is 9.62. The molecule has 2 aliphatic rings. The molecular formula is C15H28N2O2. The molecule has 1 amide bonds. The molecule has 3 atom stereocenters. The summed E-state index contributed by atoms with van der Waals surface area (Å²) in [5.41, 5.74) is 6.32. The fourth-order valence-corrected chi connectivity index (χ4v) is 4.24. The van der Waals surface area contributed by atoms with Crippen LogP contribution in [0.2, 0.25) is 0 Å². The molecule has 110 valence electrons. The average Bonchev–Trinajstić information content (AvgIpc) is 2.68. The first kappa shape index (κ1) is 14.8. The van der Waals surface area contributed by atoms with Gasteiger partial charge in [0.1, 0.15) is 0 Å². The van der Waals surface area contributed by atoms with Crippen LogP contribution < -0.4 is 5.73 Å². The summed E-state index contributed by atoms with van der Waals surface area (Å²) in [6, 6.07) is 0.293. The summed E-state index contributed by atoms with van der Waals surface area (Å²) in [5, 5.41) is 9.25. The highest BCUT2D eigenvalue weighted by Gasteiger charge is 2.45. The number of likely N-dealkylation sites (tertiary alicyclic amines) is 1. The smallest absolute Gasteiger partial charge is 0.223 e. The predicted octanol–water partition coefficient (Wildman–Crippen LogP) is 1.37. The van der Waals surface area contributed by atoms with E-state index in [-0.39, 0.29) is 29.3 Å². The molecule has 1 aliphatic heterocycles. The van der Waals surface area contributed by atoms with Gasteiger partial charge in [-0.25, -0.2) is 0 Å². The van der Waals surface area contributed by atoms with Crippen molar-refractivity contribution in [3.05, 3.63) is 0 Å². The summed E-state index contributed by atoms with van der Waals surface area (Å²) in [4.78, 5) is 14.1. The van der Waals surface area contributed by atoms with E-state index in [1.165, 1.54) is 0 Å². The zero-order chi connectivity index (χ0) is 14.3. The van der Waals surface area contributed by atoms with E-state index in [0.717, 1.165) is 25.8 Å². The van der Waals surface area contributed by atoms with Gasteiger partial charge in [-0.15, -0.1) is 0 Å². The second-order valence-corrected chi connectivity index (χ2v) is 7.72. The first-order valence-electron chi connectivity index (χ1n) is 7.39. The molecule has 0 aromatic rings. The van der Waals surface area contributed by atoms with Crippen molar-refractivity contribution in [2.45, 2.75) is 52.5 Å². The Hall–Kier alpha value is -0.610. The Morgan fingerprint density at radius 3 is 2.58 bits per heavy atom. The minimum Gasteiger partial charge on any atom is -0.396 e. The van der Waals surface area contributed by atoms with E-state index >= 15 is 0 Å². The standard InChI is InChI=1S/C15H28N2O2/c1-14(2)5-12(6-15(3,9-14)10-16)17-7-11(8-18)4-13(17)19/h11-12,18H,4-10,16H2,1-3H3. The number of carbonyl (C=O) groups excluding carboxylic acids is 1. The quantitative estimate of drug-likeness (QED) is 0.812. The zero-order valence-corrected chi connectivity index (χ0v) is 12.5. The summed E-state index contributed by atoms with van der Waals surface area (Å²) in [5.74, 6) is 0.336. The number of rotatable bonds is 3. The Labute approximate surface area is 116 Å². The maximum Gasteiger partial charge on any atom is 0.223 e. The summed E-state index contributed by atoms with van der Waals surface area (Å²) in [7, 11) is 0. The molecule has 0 radical (unpaired) electrons. The minimum atomic E-state index is 0.118. The van der Waals surface area contributed by atoms with Gasteiger partial charge in [-0.3, -0.25) is 4.79 Å². The number of amides is 1. The van der Waals surface area contributed by atoms with Crippen molar-refractivity contribution < 1.29 is 9.90 Å². The summed E-state index contributed by atoms with van der Waals surface area (Å²) in [6.45, 7) is 8.31. The fraction of sp³-hybridized carbons (Fsp3) is 0.933. The Bertz CT molecular complexity index is 356. The minimum absolute atomic E-state index is 0.118. The van der Waals surface area contributed by atoms with Crippen LogP contribution >= 0.6 is 0 Å². The van der Waals surface area contributed by atoms with Crippen molar-refractivity contribution >= 4 is 5.91 Å². The van der Waals surface area contributed by atoms with Crippen LogP contribution in [0.4, 0.5) is 0 Å². The first-order chi connectivity index (χ1) is 8.78. The Morgan fingerprint density at radius 2 is 2.05 bits per heavy atom. The topological polar surface area (TPSA) is 66.6 Å². The molecule has 19 heavy (non-hydrogen) atoms. The molecule has 0 aromatic heterocycles. The van der Waals surface area contributed by atoms with Crippen LogP contribution in [0.5, 0.6) is 0 Å².